The van der Waals surface area contributed by atoms with Gasteiger partial charge in [0.15, 0.2) is 14.9 Å². The van der Waals surface area contributed by atoms with Crippen LogP contribution in [0.15, 0.2) is 66.2 Å². The number of fused-ring (bicyclic) bond motifs is 1. The second kappa shape index (κ2) is 7.20. The van der Waals surface area contributed by atoms with Crippen molar-refractivity contribution in [3.63, 3.8) is 0 Å². The molecule has 8 nitrogen and oxygen atoms in total. The average molecular weight is 451 g/mol. The van der Waals surface area contributed by atoms with Gasteiger partial charge >= 0.3 is 0 Å². The number of hydrogen-bond acceptors (Lipinski definition) is 6. The standard InChI is InChI=1S/C22H18FN5O3S/c1-32(30,31)20-10-14(6-9-25-20)22(7-8-22)27-21(29)18-11-24-13-19-17(18)12-26-28(19)16-4-2-15(23)3-5-16/h2-6,9-13H,7-8H2,1H3,(H,27,29). The van der Waals surface area contributed by atoms with Gasteiger partial charge in [-0.05, 0) is 54.8 Å². The van der Waals surface area contributed by atoms with E-state index in [1.807, 2.05) is 0 Å². The highest BCUT2D eigenvalue weighted by molar-refractivity contribution is 7.90. The summed E-state index contributed by atoms with van der Waals surface area (Å²) in [6.07, 6.45) is 8.54. The first kappa shape index (κ1) is 20.3. The first-order valence-corrected chi connectivity index (χ1v) is 11.7. The summed E-state index contributed by atoms with van der Waals surface area (Å²) in [5, 5.41) is 7.96. The van der Waals surface area contributed by atoms with Gasteiger partial charge < -0.3 is 5.32 Å². The molecule has 10 heteroatoms. The maximum absolute atomic E-state index is 13.3. The fourth-order valence-electron chi connectivity index (χ4n) is 3.72. The smallest absolute Gasteiger partial charge is 0.254 e. The molecule has 1 aliphatic rings. The number of amides is 1. The predicted molar refractivity (Wildman–Crippen MR) is 115 cm³/mol. The normalized spacial score (nSPS) is 14.9. The van der Waals surface area contributed by atoms with Gasteiger partial charge in [0.05, 0.1) is 34.7 Å². The van der Waals surface area contributed by atoms with Gasteiger partial charge in [0, 0.05) is 24.0 Å². The van der Waals surface area contributed by atoms with E-state index in [1.165, 1.54) is 30.6 Å². The average Bonchev–Trinajstić information content (AvgIpc) is 3.43. The van der Waals surface area contributed by atoms with Crippen molar-refractivity contribution in [1.29, 1.82) is 0 Å². The number of hydrogen-bond donors (Lipinski definition) is 1. The van der Waals surface area contributed by atoms with Gasteiger partial charge in [-0.2, -0.15) is 5.10 Å². The summed E-state index contributed by atoms with van der Waals surface area (Å²) in [7, 11) is -3.46. The molecule has 1 aliphatic carbocycles. The number of carbonyl (C=O) groups is 1. The van der Waals surface area contributed by atoms with Crippen LogP contribution in [0.5, 0.6) is 0 Å². The molecule has 1 aromatic carbocycles. The van der Waals surface area contributed by atoms with Crippen molar-refractivity contribution in [3.8, 4) is 5.69 Å². The van der Waals surface area contributed by atoms with Crippen molar-refractivity contribution < 1.29 is 17.6 Å². The number of pyridine rings is 2. The number of carbonyl (C=O) groups excluding carboxylic acids is 1. The third kappa shape index (κ3) is 3.52. The molecule has 3 aromatic heterocycles. The Morgan fingerprint density at radius 1 is 1.12 bits per heavy atom. The molecule has 4 aromatic rings. The lowest BCUT2D eigenvalue weighted by atomic mass is 10.1. The maximum atomic E-state index is 13.3. The molecule has 0 aliphatic heterocycles. The summed E-state index contributed by atoms with van der Waals surface area (Å²) in [4.78, 5) is 21.3. The van der Waals surface area contributed by atoms with Crippen LogP contribution < -0.4 is 5.32 Å². The summed E-state index contributed by atoms with van der Waals surface area (Å²) in [6, 6.07) is 9.08. The van der Waals surface area contributed by atoms with E-state index in [-0.39, 0.29) is 16.8 Å². The number of benzene rings is 1. The SMILES string of the molecule is CS(=O)(=O)c1cc(C2(NC(=O)c3cncc4c3cnn4-c3ccc(F)cc3)CC2)ccn1. The summed E-state index contributed by atoms with van der Waals surface area (Å²) in [6.45, 7) is 0. The van der Waals surface area contributed by atoms with Crippen molar-refractivity contribution in [2.75, 3.05) is 6.26 Å². The number of halogens is 1. The lowest BCUT2D eigenvalue weighted by Crippen LogP contribution is -2.35. The zero-order valence-electron chi connectivity index (χ0n) is 17.0. The highest BCUT2D eigenvalue weighted by Crippen LogP contribution is 2.46. The molecule has 5 rings (SSSR count). The van der Waals surface area contributed by atoms with Crippen molar-refractivity contribution >= 4 is 26.6 Å². The molecule has 162 valence electrons. The third-order valence-corrected chi connectivity index (χ3v) is 6.57. The van der Waals surface area contributed by atoms with E-state index >= 15 is 0 Å². The van der Waals surface area contributed by atoms with Gasteiger partial charge in [-0.3, -0.25) is 9.78 Å². The topological polar surface area (TPSA) is 107 Å². The Kier molecular flexibility index (Phi) is 4.55. The molecule has 0 spiro atoms. The predicted octanol–water partition coefficient (Wildman–Crippen LogP) is 2.78. The minimum Gasteiger partial charge on any atom is -0.342 e. The Balaban J connectivity index is 1.48. The van der Waals surface area contributed by atoms with E-state index in [0.29, 0.717) is 40.6 Å². The van der Waals surface area contributed by atoms with Gasteiger partial charge in [0.1, 0.15) is 5.82 Å². The molecule has 0 unspecified atom stereocenters. The molecule has 1 N–H and O–H groups in total. The fraction of sp³-hybridized carbons (Fsp3) is 0.182. The molecule has 0 atom stereocenters. The minimum atomic E-state index is -3.46. The Bertz CT molecular complexity index is 1460. The second-order valence-corrected chi connectivity index (χ2v) is 9.81. The van der Waals surface area contributed by atoms with Gasteiger partial charge in [-0.15, -0.1) is 0 Å². The van der Waals surface area contributed by atoms with Crippen LogP contribution >= 0.6 is 0 Å². The first-order valence-electron chi connectivity index (χ1n) is 9.84. The maximum Gasteiger partial charge on any atom is 0.254 e. The molecule has 3 heterocycles. The highest BCUT2D eigenvalue weighted by atomic mass is 32.2. The molecule has 0 radical (unpaired) electrons. The molecule has 1 saturated carbocycles. The van der Waals surface area contributed by atoms with Gasteiger partial charge in [0.2, 0.25) is 0 Å². The number of aromatic nitrogens is 4. The van der Waals surface area contributed by atoms with Crippen LogP contribution in [0.4, 0.5) is 4.39 Å². The van der Waals surface area contributed by atoms with Gasteiger partial charge in [-0.25, -0.2) is 22.5 Å². The van der Waals surface area contributed by atoms with Crippen molar-refractivity contribution in [1.82, 2.24) is 25.1 Å². The number of rotatable bonds is 5. The summed E-state index contributed by atoms with van der Waals surface area (Å²) in [5.74, 6) is -0.690. The van der Waals surface area contributed by atoms with E-state index < -0.39 is 15.4 Å². The molecule has 0 saturated heterocycles. The largest absolute Gasteiger partial charge is 0.342 e. The zero-order chi connectivity index (χ0) is 22.5. The van der Waals surface area contributed by atoms with Crippen molar-refractivity contribution in [3.05, 3.63) is 78.1 Å². The second-order valence-electron chi connectivity index (χ2n) is 7.84. The van der Waals surface area contributed by atoms with Crippen LogP contribution in [0, 0.1) is 5.82 Å². The van der Waals surface area contributed by atoms with Crippen LogP contribution in [-0.2, 0) is 15.4 Å². The Morgan fingerprint density at radius 3 is 2.56 bits per heavy atom. The minimum absolute atomic E-state index is 0.0279. The van der Waals surface area contributed by atoms with E-state index in [9.17, 15) is 17.6 Å². The quantitative estimate of drug-likeness (QED) is 0.500. The third-order valence-electron chi connectivity index (χ3n) is 5.58. The van der Waals surface area contributed by atoms with E-state index in [4.69, 9.17) is 0 Å². The van der Waals surface area contributed by atoms with E-state index in [1.54, 1.807) is 35.3 Å². The van der Waals surface area contributed by atoms with Crippen LogP contribution in [-0.4, -0.2) is 40.3 Å². The first-order chi connectivity index (χ1) is 15.3. The lowest BCUT2D eigenvalue weighted by molar-refractivity contribution is 0.0932. The molecule has 1 fully saturated rings. The monoisotopic (exact) mass is 451 g/mol. The van der Waals surface area contributed by atoms with Crippen LogP contribution in [0.25, 0.3) is 16.6 Å². The van der Waals surface area contributed by atoms with Gasteiger partial charge in [0.25, 0.3) is 5.91 Å². The summed E-state index contributed by atoms with van der Waals surface area (Å²) < 4.78 is 38.6. The van der Waals surface area contributed by atoms with Crippen LogP contribution in [0.1, 0.15) is 28.8 Å². The van der Waals surface area contributed by atoms with E-state index in [0.717, 1.165) is 6.26 Å². The van der Waals surface area contributed by atoms with E-state index in [2.05, 4.69) is 20.4 Å². The summed E-state index contributed by atoms with van der Waals surface area (Å²) in [5.41, 5.74) is 1.65. The molecule has 32 heavy (non-hydrogen) atoms. The molecular weight excluding hydrogens is 433 g/mol. The molecular formula is C22H18FN5O3S. The van der Waals surface area contributed by atoms with Crippen molar-refractivity contribution in [2.45, 2.75) is 23.4 Å². The Morgan fingerprint density at radius 2 is 1.88 bits per heavy atom. The summed E-state index contributed by atoms with van der Waals surface area (Å²) >= 11 is 0. The number of nitrogens with zero attached hydrogens (tertiary/aromatic N) is 4. The van der Waals surface area contributed by atoms with Gasteiger partial charge in [-0.1, -0.05) is 0 Å². The number of sulfone groups is 1. The van der Waals surface area contributed by atoms with Crippen molar-refractivity contribution in [2.24, 2.45) is 0 Å². The lowest BCUT2D eigenvalue weighted by Gasteiger charge is -2.18. The Labute approximate surface area is 183 Å². The van der Waals surface area contributed by atoms with Crippen LogP contribution in [0.2, 0.25) is 0 Å². The highest BCUT2D eigenvalue weighted by Gasteiger charge is 2.46. The molecule has 1 amide bonds. The number of nitrogens with one attached hydrogen (secondary N) is 1. The zero-order valence-corrected chi connectivity index (χ0v) is 17.8. The van der Waals surface area contributed by atoms with Crippen LogP contribution in [0.3, 0.4) is 0 Å². The fourth-order valence-corrected chi connectivity index (χ4v) is 4.31. The Hall–Kier alpha value is -3.66. The molecule has 0 bridgehead atoms.